The molecule has 2 aromatic carbocycles. The van der Waals surface area contributed by atoms with E-state index in [1.54, 1.807) is 31.5 Å². The van der Waals surface area contributed by atoms with Crippen molar-refractivity contribution >= 4 is 29.7 Å². The van der Waals surface area contributed by atoms with Crippen LogP contribution in [0.1, 0.15) is 32.4 Å². The van der Waals surface area contributed by atoms with E-state index >= 15 is 0 Å². The molecule has 50 heavy (non-hydrogen) atoms. The Bertz CT molecular complexity index is 1910. The third kappa shape index (κ3) is 8.52. The Kier molecular flexibility index (Phi) is 11.3. The van der Waals surface area contributed by atoms with Crippen molar-refractivity contribution in [1.29, 1.82) is 0 Å². The van der Waals surface area contributed by atoms with Crippen molar-refractivity contribution in [2.45, 2.75) is 62.0 Å². The highest BCUT2D eigenvalue weighted by atomic mass is 32.2. The van der Waals surface area contributed by atoms with Crippen LogP contribution >= 0.6 is 11.8 Å². The largest absolute Gasteiger partial charge is 0.497 e. The molecule has 5 rings (SSSR count). The first-order chi connectivity index (χ1) is 23.8. The van der Waals surface area contributed by atoms with E-state index in [4.69, 9.17) is 23.7 Å². The highest BCUT2D eigenvalue weighted by Crippen LogP contribution is 2.41. The van der Waals surface area contributed by atoms with Gasteiger partial charge in [0.2, 0.25) is 0 Å². The molecule has 5 atom stereocenters. The topological polar surface area (TPSA) is 150 Å². The monoisotopic (exact) mass is 716 g/mol. The highest BCUT2D eigenvalue weighted by molar-refractivity contribution is 7.99. The molecule has 0 spiro atoms. The van der Waals surface area contributed by atoms with Crippen molar-refractivity contribution in [1.82, 2.24) is 19.6 Å². The van der Waals surface area contributed by atoms with Gasteiger partial charge in [-0.25, -0.2) is 17.9 Å². The van der Waals surface area contributed by atoms with E-state index < -0.39 is 71.8 Å². The summed E-state index contributed by atoms with van der Waals surface area (Å²) >= 11 is 1.00. The van der Waals surface area contributed by atoms with Gasteiger partial charge in [0.25, 0.3) is 5.56 Å². The number of ether oxygens (including phenoxy) is 5. The zero-order chi connectivity index (χ0) is 36.1. The van der Waals surface area contributed by atoms with Crippen molar-refractivity contribution < 1.29 is 51.2 Å². The summed E-state index contributed by atoms with van der Waals surface area (Å²) < 4.78 is 72.4. The number of benzene rings is 2. The Morgan fingerprint density at radius 3 is 2.18 bits per heavy atom. The smallest absolute Gasteiger partial charge is 0.303 e. The van der Waals surface area contributed by atoms with E-state index in [0.717, 1.165) is 48.0 Å². The van der Waals surface area contributed by atoms with Gasteiger partial charge in [0.15, 0.2) is 29.7 Å². The Labute approximate surface area is 287 Å². The highest BCUT2D eigenvalue weighted by Gasteiger charge is 2.52. The van der Waals surface area contributed by atoms with E-state index in [2.05, 4.69) is 10.3 Å². The fourth-order valence-electron chi connectivity index (χ4n) is 5.29. The van der Waals surface area contributed by atoms with Gasteiger partial charge >= 0.3 is 17.9 Å². The van der Waals surface area contributed by atoms with Crippen molar-refractivity contribution in [2.75, 3.05) is 13.7 Å². The van der Waals surface area contributed by atoms with Gasteiger partial charge in [0.1, 0.15) is 35.6 Å². The van der Waals surface area contributed by atoms with Crippen LogP contribution in [0.25, 0.3) is 11.3 Å². The number of pyridine rings is 1. The normalized spacial score (nSPS) is 20.2. The molecule has 2 aromatic heterocycles. The lowest BCUT2D eigenvalue weighted by atomic mass is 9.96. The second kappa shape index (κ2) is 15.6. The molecule has 264 valence electrons. The number of thioether (sulfide) groups is 1. The summed E-state index contributed by atoms with van der Waals surface area (Å²) in [4.78, 5) is 50.2. The van der Waals surface area contributed by atoms with Crippen LogP contribution in [0.15, 0.2) is 70.6 Å². The third-order valence-corrected chi connectivity index (χ3v) is 8.64. The lowest BCUT2D eigenvalue weighted by Crippen LogP contribution is -2.57. The number of carbonyl (C=O) groups is 3. The number of methoxy groups -OCH3 is 1. The van der Waals surface area contributed by atoms with Crippen LogP contribution in [-0.2, 0) is 39.9 Å². The average Bonchev–Trinajstić information content (AvgIpc) is 3.55. The molecule has 13 nitrogen and oxygen atoms in total. The molecule has 0 N–H and O–H groups in total. The first-order valence-electron chi connectivity index (χ1n) is 15.0. The molecule has 3 heterocycles. The molecular formula is C33H31F3N4O9S. The number of halogens is 3. The molecule has 1 aliphatic rings. The summed E-state index contributed by atoms with van der Waals surface area (Å²) in [5.41, 5.74) is -0.883. The Balaban J connectivity index is 1.52. The number of aromatic nitrogens is 4. The molecule has 0 saturated carbocycles. The van der Waals surface area contributed by atoms with Crippen LogP contribution in [0.5, 0.6) is 5.75 Å². The fourth-order valence-corrected chi connectivity index (χ4v) is 6.42. The molecule has 1 fully saturated rings. The van der Waals surface area contributed by atoms with Gasteiger partial charge in [0.05, 0.1) is 19.9 Å². The number of hydrogen-bond donors (Lipinski definition) is 0. The first kappa shape index (κ1) is 36.1. The van der Waals surface area contributed by atoms with Crippen LogP contribution in [0.4, 0.5) is 13.2 Å². The lowest BCUT2D eigenvalue weighted by Gasteiger charge is -2.44. The number of esters is 3. The third-order valence-electron chi connectivity index (χ3n) is 7.50. The minimum atomic E-state index is -1.67. The fraction of sp³-hybridized carbons (Fsp3) is 0.333. The predicted molar refractivity (Wildman–Crippen MR) is 169 cm³/mol. The quantitative estimate of drug-likeness (QED) is 0.125. The Morgan fingerprint density at radius 2 is 1.58 bits per heavy atom. The Hall–Kier alpha value is -5.16. The summed E-state index contributed by atoms with van der Waals surface area (Å²) in [6.45, 7) is 3.30. The van der Waals surface area contributed by atoms with Crippen molar-refractivity contribution in [3.05, 3.63) is 94.3 Å². The molecular weight excluding hydrogens is 685 g/mol. The predicted octanol–water partition coefficient (Wildman–Crippen LogP) is 4.07. The standard InChI is InChI=1S/C33H31F3N4O9S/c1-17(41)46-16-27-31(47-18(2)42)30(40-15-26(37-38-40)21-11-24(34)29(36)25(35)12-21)32(48-19(3)43)33(49-27)50-23-9-10-39(28(44)13-23)14-20-5-7-22(45-4)8-6-20/h5-13,15,27,30-33H,14,16H2,1-4H3/t27-,30+,31+,32-,33-/m1/s1. The number of rotatable bonds is 11. The molecule has 0 radical (unpaired) electrons. The molecule has 4 aromatic rings. The SMILES string of the molecule is COc1ccc(Cn2ccc(S[C@H]3O[C@H](COC(C)=O)[C@H](OC(C)=O)[C@H](n4cc(-c5cc(F)c(F)c(F)c5)nn4)[C@H]3OC(C)=O)cc2=O)cc1. The van der Waals surface area contributed by atoms with Crippen LogP contribution < -0.4 is 10.3 Å². The maximum atomic E-state index is 14.1. The number of hydrogen-bond acceptors (Lipinski definition) is 12. The molecule has 0 bridgehead atoms. The number of carbonyl (C=O) groups excluding carboxylic acids is 3. The minimum absolute atomic E-state index is 0.0985. The van der Waals surface area contributed by atoms with Crippen LogP contribution in [0.2, 0.25) is 0 Å². The zero-order valence-corrected chi connectivity index (χ0v) is 27.9. The van der Waals surface area contributed by atoms with E-state index in [9.17, 15) is 32.3 Å². The van der Waals surface area contributed by atoms with E-state index in [0.29, 0.717) is 10.6 Å². The summed E-state index contributed by atoms with van der Waals surface area (Å²) in [6.07, 6.45) is -0.963. The van der Waals surface area contributed by atoms with Gasteiger partial charge in [0, 0.05) is 43.5 Å². The van der Waals surface area contributed by atoms with Gasteiger partial charge < -0.3 is 28.3 Å². The van der Waals surface area contributed by atoms with Crippen molar-refractivity contribution in [3.63, 3.8) is 0 Å². The Morgan fingerprint density at radius 1 is 0.920 bits per heavy atom. The van der Waals surface area contributed by atoms with Gasteiger partial charge in [-0.1, -0.05) is 29.1 Å². The maximum Gasteiger partial charge on any atom is 0.303 e. The van der Waals surface area contributed by atoms with E-state index in [1.807, 2.05) is 12.1 Å². The van der Waals surface area contributed by atoms with E-state index in [-0.39, 0.29) is 23.4 Å². The van der Waals surface area contributed by atoms with Gasteiger partial charge in [-0.15, -0.1) is 5.10 Å². The summed E-state index contributed by atoms with van der Waals surface area (Å²) in [5, 5.41) is 8.04. The number of nitrogens with zero attached hydrogens (tertiary/aromatic N) is 4. The second-order valence-corrected chi connectivity index (χ2v) is 12.3. The molecule has 0 unspecified atom stereocenters. The van der Waals surface area contributed by atoms with Gasteiger partial charge in [-0.3, -0.25) is 19.2 Å². The molecule has 0 aliphatic carbocycles. The second-order valence-electron chi connectivity index (χ2n) is 11.1. The first-order valence-corrected chi connectivity index (χ1v) is 15.9. The maximum absolute atomic E-state index is 14.1. The molecule has 1 aliphatic heterocycles. The minimum Gasteiger partial charge on any atom is -0.497 e. The van der Waals surface area contributed by atoms with Crippen LogP contribution in [0, 0.1) is 17.5 Å². The summed E-state index contributed by atoms with van der Waals surface area (Å²) in [6, 6.07) is 10.5. The lowest BCUT2D eigenvalue weighted by molar-refractivity contribution is -0.212. The van der Waals surface area contributed by atoms with E-state index in [1.165, 1.54) is 23.8 Å². The zero-order valence-electron chi connectivity index (χ0n) is 27.1. The van der Waals surface area contributed by atoms with Gasteiger partial charge in [-0.2, -0.15) is 0 Å². The molecule has 0 amide bonds. The average molecular weight is 717 g/mol. The van der Waals surface area contributed by atoms with Crippen molar-refractivity contribution in [2.24, 2.45) is 0 Å². The summed E-state index contributed by atoms with van der Waals surface area (Å²) in [5.74, 6) is -6.11. The summed E-state index contributed by atoms with van der Waals surface area (Å²) in [7, 11) is 1.55. The van der Waals surface area contributed by atoms with Gasteiger partial charge in [-0.05, 0) is 35.9 Å². The molecule has 17 heteroatoms. The van der Waals surface area contributed by atoms with Crippen molar-refractivity contribution in [3.8, 4) is 17.0 Å². The molecule has 1 saturated heterocycles. The van der Waals surface area contributed by atoms with Crippen LogP contribution in [0.3, 0.4) is 0 Å². The van der Waals surface area contributed by atoms with Crippen LogP contribution in [-0.4, -0.2) is 74.9 Å².